The molecular weight excluding hydrogens is 224 g/mol. The van der Waals surface area contributed by atoms with E-state index in [-0.39, 0.29) is 0 Å². The van der Waals surface area contributed by atoms with E-state index < -0.39 is 0 Å². The van der Waals surface area contributed by atoms with Crippen molar-refractivity contribution in [3.05, 3.63) is 23.8 Å². The number of rotatable bonds is 3. The molecular formula is C15H24N2O. The molecule has 0 bridgehead atoms. The van der Waals surface area contributed by atoms with Crippen molar-refractivity contribution < 1.29 is 4.74 Å². The Morgan fingerprint density at radius 2 is 2.17 bits per heavy atom. The van der Waals surface area contributed by atoms with Gasteiger partial charge in [0.05, 0.1) is 12.8 Å². The van der Waals surface area contributed by atoms with Crippen LogP contribution in [0.3, 0.4) is 0 Å². The summed E-state index contributed by atoms with van der Waals surface area (Å²) in [5, 5.41) is 3.42. The molecule has 0 amide bonds. The van der Waals surface area contributed by atoms with Crippen LogP contribution in [0.15, 0.2) is 18.2 Å². The lowest BCUT2D eigenvalue weighted by molar-refractivity contribution is 0.408. The van der Waals surface area contributed by atoms with Crippen LogP contribution in [-0.4, -0.2) is 32.8 Å². The summed E-state index contributed by atoms with van der Waals surface area (Å²) in [5.41, 5.74) is 2.55. The van der Waals surface area contributed by atoms with Crippen molar-refractivity contribution in [2.75, 3.05) is 31.6 Å². The number of hydrogen-bond donors (Lipinski definition) is 1. The Morgan fingerprint density at radius 3 is 2.78 bits per heavy atom. The lowest BCUT2D eigenvalue weighted by Crippen LogP contribution is -2.50. The van der Waals surface area contributed by atoms with Crippen LogP contribution in [0.2, 0.25) is 0 Å². The third-order valence-electron chi connectivity index (χ3n) is 3.68. The number of ether oxygens (including phenoxy) is 1. The number of anilines is 1. The van der Waals surface area contributed by atoms with Gasteiger partial charge in [0, 0.05) is 25.7 Å². The van der Waals surface area contributed by atoms with E-state index in [9.17, 15) is 0 Å². The normalized spacial score (nSPS) is 20.3. The summed E-state index contributed by atoms with van der Waals surface area (Å²) in [6.45, 7) is 9.79. The fraction of sp³-hybridized carbons (Fsp3) is 0.600. The highest BCUT2D eigenvalue weighted by Gasteiger charge is 2.21. The minimum atomic E-state index is 0.512. The smallest absolute Gasteiger partial charge is 0.142 e. The predicted molar refractivity (Wildman–Crippen MR) is 76.8 cm³/mol. The van der Waals surface area contributed by atoms with Gasteiger partial charge in [-0.15, -0.1) is 0 Å². The zero-order valence-electron chi connectivity index (χ0n) is 11.9. The first-order valence-electron chi connectivity index (χ1n) is 6.78. The molecule has 2 rings (SSSR count). The number of methoxy groups -OCH3 is 1. The van der Waals surface area contributed by atoms with Crippen LogP contribution in [0, 0.1) is 0 Å². The molecule has 1 heterocycles. The molecule has 1 aromatic rings. The molecule has 0 unspecified atom stereocenters. The summed E-state index contributed by atoms with van der Waals surface area (Å²) in [4.78, 5) is 2.43. The Morgan fingerprint density at radius 1 is 1.39 bits per heavy atom. The molecule has 0 aliphatic carbocycles. The van der Waals surface area contributed by atoms with Gasteiger partial charge in [-0.1, -0.05) is 19.9 Å². The van der Waals surface area contributed by atoms with Crippen LogP contribution in [-0.2, 0) is 0 Å². The standard InChI is InChI=1S/C15H24N2O/c1-11(2)13-5-6-14(15(9-13)18-4)17-8-7-16-10-12(17)3/h5-6,9,11-12,16H,7-8,10H2,1-4H3/t12-/m0/s1. The third-order valence-corrected chi connectivity index (χ3v) is 3.68. The zero-order valence-corrected chi connectivity index (χ0v) is 11.9. The maximum atomic E-state index is 5.58. The van der Waals surface area contributed by atoms with Gasteiger partial charge < -0.3 is 15.0 Å². The maximum absolute atomic E-state index is 5.58. The Bertz CT molecular complexity index is 403. The van der Waals surface area contributed by atoms with Gasteiger partial charge >= 0.3 is 0 Å². The monoisotopic (exact) mass is 248 g/mol. The first-order chi connectivity index (χ1) is 8.63. The van der Waals surface area contributed by atoms with Gasteiger partial charge in [-0.25, -0.2) is 0 Å². The summed E-state index contributed by atoms with van der Waals surface area (Å²) in [7, 11) is 1.76. The summed E-state index contributed by atoms with van der Waals surface area (Å²) in [6.07, 6.45) is 0. The van der Waals surface area contributed by atoms with Crippen molar-refractivity contribution in [3.63, 3.8) is 0 Å². The molecule has 100 valence electrons. The maximum Gasteiger partial charge on any atom is 0.142 e. The number of nitrogens with zero attached hydrogens (tertiary/aromatic N) is 1. The van der Waals surface area contributed by atoms with Gasteiger partial charge in [-0.05, 0) is 30.5 Å². The van der Waals surface area contributed by atoms with Gasteiger partial charge in [0.1, 0.15) is 5.75 Å². The molecule has 1 aliphatic rings. The fourth-order valence-electron chi connectivity index (χ4n) is 2.49. The summed E-state index contributed by atoms with van der Waals surface area (Å²) >= 11 is 0. The molecule has 3 nitrogen and oxygen atoms in total. The Kier molecular flexibility index (Phi) is 4.12. The number of benzene rings is 1. The molecule has 3 heteroatoms. The average molecular weight is 248 g/mol. The lowest BCUT2D eigenvalue weighted by Gasteiger charge is -2.36. The van der Waals surface area contributed by atoms with Crippen LogP contribution >= 0.6 is 0 Å². The van der Waals surface area contributed by atoms with Gasteiger partial charge in [0.15, 0.2) is 0 Å². The zero-order chi connectivity index (χ0) is 13.1. The molecule has 18 heavy (non-hydrogen) atoms. The van der Waals surface area contributed by atoms with E-state index in [4.69, 9.17) is 4.74 Å². The second-order valence-corrected chi connectivity index (χ2v) is 5.33. The molecule has 1 aliphatic heterocycles. The minimum absolute atomic E-state index is 0.512. The Labute approximate surface area is 110 Å². The Balaban J connectivity index is 2.31. The van der Waals surface area contributed by atoms with Crippen molar-refractivity contribution in [1.82, 2.24) is 5.32 Å². The van der Waals surface area contributed by atoms with Gasteiger partial charge in [-0.3, -0.25) is 0 Å². The van der Waals surface area contributed by atoms with E-state index >= 15 is 0 Å². The molecule has 1 atom stereocenters. The van der Waals surface area contributed by atoms with E-state index in [0.29, 0.717) is 12.0 Å². The highest BCUT2D eigenvalue weighted by Crippen LogP contribution is 2.33. The quantitative estimate of drug-likeness (QED) is 0.890. The van der Waals surface area contributed by atoms with E-state index in [2.05, 4.69) is 49.2 Å². The van der Waals surface area contributed by atoms with Crippen molar-refractivity contribution in [1.29, 1.82) is 0 Å². The van der Waals surface area contributed by atoms with Crippen molar-refractivity contribution in [3.8, 4) is 5.75 Å². The molecule has 0 aromatic heterocycles. The molecule has 1 N–H and O–H groups in total. The fourth-order valence-corrected chi connectivity index (χ4v) is 2.49. The highest BCUT2D eigenvalue weighted by molar-refractivity contribution is 5.61. The van der Waals surface area contributed by atoms with Crippen LogP contribution in [0.4, 0.5) is 5.69 Å². The van der Waals surface area contributed by atoms with Crippen molar-refractivity contribution in [2.24, 2.45) is 0 Å². The second kappa shape index (κ2) is 5.61. The minimum Gasteiger partial charge on any atom is -0.495 e. The van der Waals surface area contributed by atoms with Crippen molar-refractivity contribution in [2.45, 2.75) is 32.7 Å². The summed E-state index contributed by atoms with van der Waals surface area (Å²) in [6, 6.07) is 7.11. The Hall–Kier alpha value is -1.22. The molecule has 1 aromatic carbocycles. The van der Waals surface area contributed by atoms with E-state index in [1.54, 1.807) is 7.11 Å². The van der Waals surface area contributed by atoms with Crippen molar-refractivity contribution >= 4 is 5.69 Å². The summed E-state index contributed by atoms with van der Waals surface area (Å²) < 4.78 is 5.58. The van der Waals surface area contributed by atoms with E-state index in [1.807, 2.05) is 0 Å². The largest absolute Gasteiger partial charge is 0.495 e. The van der Waals surface area contributed by atoms with Crippen LogP contribution < -0.4 is 15.0 Å². The SMILES string of the molecule is COc1cc(C(C)C)ccc1N1CCNC[C@@H]1C. The van der Waals surface area contributed by atoms with Gasteiger partial charge in [0.2, 0.25) is 0 Å². The third kappa shape index (κ3) is 2.61. The highest BCUT2D eigenvalue weighted by atomic mass is 16.5. The number of nitrogens with one attached hydrogen (secondary N) is 1. The molecule has 1 fully saturated rings. The van der Waals surface area contributed by atoms with E-state index in [1.165, 1.54) is 11.3 Å². The molecule has 0 radical (unpaired) electrons. The first-order valence-corrected chi connectivity index (χ1v) is 6.78. The van der Waals surface area contributed by atoms with Crippen LogP contribution in [0.1, 0.15) is 32.3 Å². The van der Waals surface area contributed by atoms with Gasteiger partial charge in [0.25, 0.3) is 0 Å². The van der Waals surface area contributed by atoms with Crippen LogP contribution in [0.5, 0.6) is 5.75 Å². The van der Waals surface area contributed by atoms with Gasteiger partial charge in [-0.2, -0.15) is 0 Å². The summed E-state index contributed by atoms with van der Waals surface area (Å²) in [5.74, 6) is 1.53. The average Bonchev–Trinajstić information content (AvgIpc) is 2.38. The first kappa shape index (κ1) is 13.2. The van der Waals surface area contributed by atoms with Crippen LogP contribution in [0.25, 0.3) is 0 Å². The molecule has 0 spiro atoms. The topological polar surface area (TPSA) is 24.5 Å². The number of hydrogen-bond acceptors (Lipinski definition) is 3. The second-order valence-electron chi connectivity index (χ2n) is 5.33. The molecule has 1 saturated heterocycles. The molecule has 0 saturated carbocycles. The predicted octanol–water partition coefficient (Wildman–Crippen LogP) is 2.62. The lowest BCUT2D eigenvalue weighted by atomic mass is 10.0. The number of piperazine rings is 1. The van der Waals surface area contributed by atoms with E-state index in [0.717, 1.165) is 25.4 Å².